The second-order valence-electron chi connectivity index (χ2n) is 4.84. The Bertz CT molecular complexity index is 310. The van der Waals surface area contributed by atoms with Gasteiger partial charge in [-0.15, -0.1) is 11.6 Å². The normalized spacial score (nSPS) is 22.6. The second-order valence-corrected chi connectivity index (χ2v) is 6.99. The molecule has 0 aromatic heterocycles. The van der Waals surface area contributed by atoms with E-state index in [1.54, 1.807) is 0 Å². The van der Waals surface area contributed by atoms with Crippen molar-refractivity contribution in [3.8, 4) is 0 Å². The van der Waals surface area contributed by atoms with E-state index in [-0.39, 0.29) is 11.9 Å². The molecule has 1 saturated heterocycles. The van der Waals surface area contributed by atoms with Gasteiger partial charge in [0.15, 0.2) is 0 Å². The van der Waals surface area contributed by atoms with Gasteiger partial charge >= 0.3 is 0 Å². The van der Waals surface area contributed by atoms with Crippen LogP contribution in [-0.4, -0.2) is 38.3 Å². The summed E-state index contributed by atoms with van der Waals surface area (Å²) in [4.78, 5) is 0. The van der Waals surface area contributed by atoms with Gasteiger partial charge in [0, 0.05) is 18.0 Å². The molecule has 0 aliphatic carbocycles. The minimum atomic E-state index is -3.28. The van der Waals surface area contributed by atoms with Gasteiger partial charge in [0.1, 0.15) is 0 Å². The highest BCUT2D eigenvalue weighted by atomic mass is 35.5. The van der Waals surface area contributed by atoms with Crippen LogP contribution in [0.2, 0.25) is 0 Å². The number of nitrogens with one attached hydrogen (secondary N) is 1. The quantitative estimate of drug-likeness (QED) is 0.744. The zero-order chi connectivity index (χ0) is 12.2. The van der Waals surface area contributed by atoms with Gasteiger partial charge in [-0.2, -0.15) is 0 Å². The predicted molar refractivity (Wildman–Crippen MR) is 65.3 cm³/mol. The van der Waals surface area contributed by atoms with E-state index in [1.165, 1.54) is 0 Å². The lowest BCUT2D eigenvalue weighted by molar-refractivity contribution is 0.127. The third kappa shape index (κ3) is 4.99. The van der Waals surface area contributed by atoms with Crippen molar-refractivity contribution >= 4 is 21.6 Å². The number of sulfonamides is 1. The number of ether oxygens (including phenoxy) is 1. The molecule has 1 aliphatic heterocycles. The first-order valence-electron chi connectivity index (χ1n) is 5.54. The number of hydrogen-bond donors (Lipinski definition) is 1. The van der Waals surface area contributed by atoms with Crippen molar-refractivity contribution in [2.75, 3.05) is 18.2 Å². The average Bonchev–Trinajstić information content (AvgIpc) is 2.52. The molecule has 1 fully saturated rings. The molecule has 0 saturated carbocycles. The zero-order valence-corrected chi connectivity index (χ0v) is 11.4. The summed E-state index contributed by atoms with van der Waals surface area (Å²) in [6, 6.07) is 0. The molecule has 6 heteroatoms. The lowest BCUT2D eigenvalue weighted by Gasteiger charge is -2.25. The molecule has 1 heterocycles. The monoisotopic (exact) mass is 269 g/mol. The first kappa shape index (κ1) is 14.2. The van der Waals surface area contributed by atoms with Crippen molar-refractivity contribution in [2.24, 2.45) is 0 Å². The van der Waals surface area contributed by atoms with E-state index in [2.05, 4.69) is 4.72 Å². The molecular formula is C10H20ClNO3S. The summed E-state index contributed by atoms with van der Waals surface area (Å²) in [6.07, 6.45) is 2.24. The molecule has 1 N–H and O–H groups in total. The maximum absolute atomic E-state index is 11.8. The molecule has 16 heavy (non-hydrogen) atoms. The minimum absolute atomic E-state index is 0.0543. The molecule has 4 nitrogen and oxygen atoms in total. The molecule has 0 aromatic carbocycles. The number of rotatable bonds is 6. The molecule has 0 bridgehead atoms. The molecule has 96 valence electrons. The van der Waals surface area contributed by atoms with Gasteiger partial charge in [0.25, 0.3) is 0 Å². The minimum Gasteiger partial charge on any atom is -0.377 e. The highest BCUT2D eigenvalue weighted by Crippen LogP contribution is 2.16. The summed E-state index contributed by atoms with van der Waals surface area (Å²) >= 11 is 5.63. The maximum Gasteiger partial charge on any atom is 0.214 e. The van der Waals surface area contributed by atoms with Crippen molar-refractivity contribution < 1.29 is 13.2 Å². The summed E-state index contributed by atoms with van der Waals surface area (Å²) in [5.74, 6) is 0.494. The van der Waals surface area contributed by atoms with Crippen LogP contribution in [0.15, 0.2) is 0 Å². The second kappa shape index (κ2) is 5.67. The lowest BCUT2D eigenvalue weighted by Crippen LogP contribution is -2.46. The standard InChI is InChI=1S/C10H20ClNO3S/c1-10(2,5-6-11)12-16(13,14)8-9-4-3-7-15-9/h9,12H,3-8H2,1-2H3. The van der Waals surface area contributed by atoms with Crippen LogP contribution in [0, 0.1) is 0 Å². The molecule has 0 spiro atoms. The molecule has 1 unspecified atom stereocenters. The van der Waals surface area contributed by atoms with Crippen LogP contribution < -0.4 is 4.72 Å². The van der Waals surface area contributed by atoms with Gasteiger partial charge < -0.3 is 4.74 Å². The Balaban J connectivity index is 2.50. The van der Waals surface area contributed by atoms with Crippen LogP contribution in [-0.2, 0) is 14.8 Å². The fraction of sp³-hybridized carbons (Fsp3) is 1.00. The largest absolute Gasteiger partial charge is 0.377 e. The van der Waals surface area contributed by atoms with Gasteiger partial charge in [-0.1, -0.05) is 0 Å². The van der Waals surface area contributed by atoms with Gasteiger partial charge in [-0.05, 0) is 33.1 Å². The van der Waals surface area contributed by atoms with E-state index in [1.807, 2.05) is 13.8 Å². The smallest absolute Gasteiger partial charge is 0.214 e. The van der Waals surface area contributed by atoms with E-state index in [4.69, 9.17) is 16.3 Å². The zero-order valence-electron chi connectivity index (χ0n) is 9.83. The molecule has 0 aromatic rings. The molecule has 0 radical (unpaired) electrons. The first-order valence-corrected chi connectivity index (χ1v) is 7.72. The SMILES string of the molecule is CC(C)(CCCl)NS(=O)(=O)CC1CCCO1. The van der Waals surface area contributed by atoms with E-state index < -0.39 is 15.6 Å². The van der Waals surface area contributed by atoms with Crippen LogP contribution in [0.4, 0.5) is 0 Å². The third-order valence-electron chi connectivity index (χ3n) is 2.58. The topological polar surface area (TPSA) is 55.4 Å². The fourth-order valence-electron chi connectivity index (χ4n) is 1.77. The first-order chi connectivity index (χ1) is 7.35. The van der Waals surface area contributed by atoms with E-state index in [9.17, 15) is 8.42 Å². The van der Waals surface area contributed by atoms with E-state index in [0.717, 1.165) is 12.8 Å². The lowest BCUT2D eigenvalue weighted by atomic mass is 10.0. The van der Waals surface area contributed by atoms with Crippen LogP contribution in [0.25, 0.3) is 0 Å². The predicted octanol–water partition coefficient (Wildman–Crippen LogP) is 1.49. The van der Waals surface area contributed by atoms with Crippen molar-refractivity contribution in [3.63, 3.8) is 0 Å². The van der Waals surface area contributed by atoms with Crippen molar-refractivity contribution in [1.29, 1.82) is 0 Å². The maximum atomic E-state index is 11.8. The Hall–Kier alpha value is 0.160. The highest BCUT2D eigenvalue weighted by Gasteiger charge is 2.28. The van der Waals surface area contributed by atoms with Crippen LogP contribution >= 0.6 is 11.6 Å². The average molecular weight is 270 g/mol. The Labute approximate surface area is 103 Å². The third-order valence-corrected chi connectivity index (χ3v) is 4.44. The molecule has 1 atom stereocenters. The Morgan fingerprint density at radius 3 is 2.69 bits per heavy atom. The van der Waals surface area contributed by atoms with Crippen LogP contribution in [0.3, 0.4) is 0 Å². The number of halogens is 1. The Morgan fingerprint density at radius 1 is 1.50 bits per heavy atom. The Kier molecular flexibility index (Phi) is 5.04. The van der Waals surface area contributed by atoms with Gasteiger partial charge in [-0.3, -0.25) is 0 Å². The van der Waals surface area contributed by atoms with E-state index in [0.29, 0.717) is 18.9 Å². The number of hydrogen-bond acceptors (Lipinski definition) is 3. The van der Waals surface area contributed by atoms with Crippen molar-refractivity contribution in [3.05, 3.63) is 0 Å². The van der Waals surface area contributed by atoms with Gasteiger partial charge in [-0.25, -0.2) is 13.1 Å². The van der Waals surface area contributed by atoms with Crippen molar-refractivity contribution in [2.45, 2.75) is 44.8 Å². The van der Waals surface area contributed by atoms with Crippen molar-refractivity contribution in [1.82, 2.24) is 4.72 Å². The van der Waals surface area contributed by atoms with E-state index >= 15 is 0 Å². The molecule has 1 aliphatic rings. The molecular weight excluding hydrogens is 250 g/mol. The summed E-state index contributed by atoms with van der Waals surface area (Å²) in [7, 11) is -3.28. The Morgan fingerprint density at radius 2 is 2.19 bits per heavy atom. The highest BCUT2D eigenvalue weighted by molar-refractivity contribution is 7.89. The molecule has 0 amide bonds. The fourth-order valence-corrected chi connectivity index (χ4v) is 4.02. The van der Waals surface area contributed by atoms with Gasteiger partial charge in [0.05, 0.1) is 11.9 Å². The summed E-state index contributed by atoms with van der Waals surface area (Å²) in [6.45, 7) is 4.34. The number of alkyl halides is 1. The summed E-state index contributed by atoms with van der Waals surface area (Å²) in [5, 5.41) is 0. The van der Waals surface area contributed by atoms with Crippen LogP contribution in [0.1, 0.15) is 33.1 Å². The van der Waals surface area contributed by atoms with Gasteiger partial charge in [0.2, 0.25) is 10.0 Å². The van der Waals surface area contributed by atoms with Crippen LogP contribution in [0.5, 0.6) is 0 Å². The molecule has 1 rings (SSSR count). The summed E-state index contributed by atoms with van der Waals surface area (Å²) < 4.78 is 31.7. The summed E-state index contributed by atoms with van der Waals surface area (Å²) in [5.41, 5.74) is -0.487.